The van der Waals surface area contributed by atoms with Crippen molar-refractivity contribution in [1.82, 2.24) is 15.0 Å². The number of thiol groups is 1. The van der Waals surface area contributed by atoms with Crippen LogP contribution in [0.15, 0.2) is 72.3 Å². The zero-order chi connectivity index (χ0) is 18.8. The van der Waals surface area contributed by atoms with E-state index in [1.54, 1.807) is 42.9 Å². The lowest BCUT2D eigenvalue weighted by molar-refractivity contribution is 0.0698. The number of hydrogen-bond acceptors (Lipinski definition) is 6. The molecule has 27 heavy (non-hydrogen) atoms. The van der Waals surface area contributed by atoms with Crippen LogP contribution in [0.1, 0.15) is 10.4 Å². The predicted octanol–water partition coefficient (Wildman–Crippen LogP) is 4.42. The van der Waals surface area contributed by atoms with Crippen LogP contribution in [0.3, 0.4) is 0 Å². The molecule has 0 aliphatic carbocycles. The molecular formula is C20H14N4O2S. The summed E-state index contributed by atoms with van der Waals surface area (Å²) in [6.45, 7) is 0. The Morgan fingerprint density at radius 1 is 1.00 bits per heavy atom. The summed E-state index contributed by atoms with van der Waals surface area (Å²) >= 11 is 4.51. The van der Waals surface area contributed by atoms with Gasteiger partial charge in [-0.3, -0.25) is 4.98 Å². The molecule has 0 unspecified atom stereocenters. The van der Waals surface area contributed by atoms with Crippen molar-refractivity contribution >= 4 is 40.9 Å². The minimum Gasteiger partial charge on any atom is -0.478 e. The Morgan fingerprint density at radius 3 is 2.56 bits per heavy atom. The fourth-order valence-corrected chi connectivity index (χ4v) is 3.09. The van der Waals surface area contributed by atoms with Gasteiger partial charge in [0.1, 0.15) is 6.33 Å². The Balaban J connectivity index is 1.87. The number of nitrogens with one attached hydrogen (secondary N) is 1. The van der Waals surface area contributed by atoms with E-state index in [0.717, 1.165) is 22.0 Å². The van der Waals surface area contributed by atoms with Gasteiger partial charge in [-0.2, -0.15) is 0 Å². The molecule has 2 heterocycles. The molecule has 0 amide bonds. The molecule has 6 nitrogen and oxygen atoms in total. The highest BCUT2D eigenvalue weighted by molar-refractivity contribution is 7.80. The van der Waals surface area contributed by atoms with Crippen molar-refractivity contribution in [1.29, 1.82) is 0 Å². The minimum atomic E-state index is -1.00. The van der Waals surface area contributed by atoms with E-state index < -0.39 is 5.97 Å². The topological polar surface area (TPSA) is 88.0 Å². The number of benzene rings is 2. The van der Waals surface area contributed by atoms with Crippen LogP contribution in [-0.4, -0.2) is 26.0 Å². The first-order chi connectivity index (χ1) is 13.1. The van der Waals surface area contributed by atoms with E-state index in [0.29, 0.717) is 16.3 Å². The van der Waals surface area contributed by atoms with E-state index in [4.69, 9.17) is 0 Å². The molecule has 7 heteroatoms. The highest BCUT2D eigenvalue weighted by Crippen LogP contribution is 2.34. The molecule has 4 aromatic rings. The van der Waals surface area contributed by atoms with Crippen molar-refractivity contribution in [2.24, 2.45) is 0 Å². The molecular weight excluding hydrogens is 360 g/mol. The maximum atomic E-state index is 11.5. The van der Waals surface area contributed by atoms with Crippen molar-refractivity contribution in [2.75, 3.05) is 5.32 Å². The largest absolute Gasteiger partial charge is 0.478 e. The summed E-state index contributed by atoms with van der Waals surface area (Å²) in [6, 6.07) is 12.6. The summed E-state index contributed by atoms with van der Waals surface area (Å²) in [7, 11) is 0. The van der Waals surface area contributed by atoms with Gasteiger partial charge in [-0.15, -0.1) is 12.6 Å². The molecule has 0 saturated carbocycles. The van der Waals surface area contributed by atoms with E-state index in [-0.39, 0.29) is 5.56 Å². The molecule has 2 N–H and O–H groups in total. The molecule has 0 aliphatic heterocycles. The first kappa shape index (κ1) is 17.0. The second kappa shape index (κ2) is 7.05. The molecule has 0 atom stereocenters. The molecule has 2 aromatic heterocycles. The van der Waals surface area contributed by atoms with Gasteiger partial charge in [-0.25, -0.2) is 14.8 Å². The molecule has 4 rings (SSSR count). The highest BCUT2D eigenvalue weighted by atomic mass is 32.1. The number of carbonyl (C=O) groups is 1. The Bertz CT molecular complexity index is 1150. The summed E-state index contributed by atoms with van der Waals surface area (Å²) in [5, 5.41) is 13.5. The molecule has 0 aliphatic rings. The number of aromatic nitrogens is 3. The van der Waals surface area contributed by atoms with Gasteiger partial charge in [0.05, 0.1) is 22.5 Å². The van der Waals surface area contributed by atoms with Crippen LogP contribution in [0.2, 0.25) is 0 Å². The first-order valence-electron chi connectivity index (χ1n) is 8.10. The van der Waals surface area contributed by atoms with Crippen LogP contribution < -0.4 is 5.32 Å². The number of para-hydroxylation sites is 1. The summed E-state index contributed by atoms with van der Waals surface area (Å²) in [5.41, 5.74) is 3.93. The summed E-state index contributed by atoms with van der Waals surface area (Å²) < 4.78 is 0. The lowest BCUT2D eigenvalue weighted by atomic mass is 10.0. The van der Waals surface area contributed by atoms with E-state index in [1.165, 1.54) is 6.33 Å². The van der Waals surface area contributed by atoms with Crippen molar-refractivity contribution < 1.29 is 9.90 Å². The van der Waals surface area contributed by atoms with Gasteiger partial charge in [-0.1, -0.05) is 18.2 Å². The number of aromatic carboxylic acids is 1. The molecule has 0 bridgehead atoms. The smallest absolute Gasteiger partial charge is 0.337 e. The summed E-state index contributed by atoms with van der Waals surface area (Å²) in [5.74, 6) is -1.00. The third-order valence-electron chi connectivity index (χ3n) is 4.16. The van der Waals surface area contributed by atoms with E-state index in [9.17, 15) is 9.90 Å². The number of carboxylic acid groups (broad SMARTS) is 1. The van der Waals surface area contributed by atoms with Crippen molar-refractivity contribution in [3.05, 3.63) is 72.9 Å². The minimum absolute atomic E-state index is 0.183. The molecule has 0 radical (unpaired) electrons. The van der Waals surface area contributed by atoms with Crippen LogP contribution in [0.4, 0.5) is 11.4 Å². The van der Waals surface area contributed by atoms with Gasteiger partial charge in [0, 0.05) is 34.4 Å². The van der Waals surface area contributed by atoms with Crippen LogP contribution >= 0.6 is 12.6 Å². The first-order valence-corrected chi connectivity index (χ1v) is 8.54. The van der Waals surface area contributed by atoms with E-state index in [2.05, 4.69) is 32.9 Å². The lowest BCUT2D eigenvalue weighted by Gasteiger charge is -2.14. The Hall–Kier alpha value is -3.45. The quantitative estimate of drug-likeness (QED) is 0.458. The number of rotatable bonds is 4. The third-order valence-corrected chi connectivity index (χ3v) is 4.50. The maximum Gasteiger partial charge on any atom is 0.337 e. The second-order valence-electron chi connectivity index (χ2n) is 5.85. The number of anilines is 2. The summed E-state index contributed by atoms with van der Waals surface area (Å²) in [4.78, 5) is 24.7. The molecule has 132 valence electrons. The number of fused-ring (bicyclic) bond motifs is 1. The number of hydrogen-bond donors (Lipinski definition) is 3. The standard InChI is InChI=1S/C20H14N4O2S/c25-20(26)14-3-1-2-4-17(14)24-19-15-7-12(13-8-21-11-22-9-13)5-6-16(15)23-10-18(19)27/h1-11,27H,(H,23,24)(H,25,26). The monoisotopic (exact) mass is 374 g/mol. The van der Waals surface area contributed by atoms with Crippen LogP contribution in [0.25, 0.3) is 22.0 Å². The zero-order valence-electron chi connectivity index (χ0n) is 14.0. The molecule has 0 fully saturated rings. The molecule has 0 saturated heterocycles. The lowest BCUT2D eigenvalue weighted by Crippen LogP contribution is -2.03. The number of carboxylic acids is 1. The fourth-order valence-electron chi connectivity index (χ4n) is 2.85. The van der Waals surface area contributed by atoms with Gasteiger partial charge in [0.2, 0.25) is 0 Å². The van der Waals surface area contributed by atoms with Crippen molar-refractivity contribution in [2.45, 2.75) is 4.90 Å². The van der Waals surface area contributed by atoms with Crippen molar-refractivity contribution in [3.8, 4) is 11.1 Å². The van der Waals surface area contributed by atoms with Crippen LogP contribution in [0.5, 0.6) is 0 Å². The van der Waals surface area contributed by atoms with Gasteiger partial charge in [0.25, 0.3) is 0 Å². The fraction of sp³-hybridized carbons (Fsp3) is 0. The maximum absolute atomic E-state index is 11.5. The van der Waals surface area contributed by atoms with Gasteiger partial charge < -0.3 is 10.4 Å². The van der Waals surface area contributed by atoms with Gasteiger partial charge in [-0.05, 0) is 29.8 Å². The van der Waals surface area contributed by atoms with Gasteiger partial charge in [0.15, 0.2) is 0 Å². The summed E-state index contributed by atoms with van der Waals surface area (Å²) in [6.07, 6.45) is 6.59. The van der Waals surface area contributed by atoms with Gasteiger partial charge >= 0.3 is 5.97 Å². The van der Waals surface area contributed by atoms with Crippen molar-refractivity contribution in [3.63, 3.8) is 0 Å². The average Bonchev–Trinajstić information content (AvgIpc) is 2.70. The van der Waals surface area contributed by atoms with E-state index in [1.807, 2.05) is 18.2 Å². The zero-order valence-corrected chi connectivity index (χ0v) is 14.9. The third kappa shape index (κ3) is 3.32. The molecule has 0 spiro atoms. The van der Waals surface area contributed by atoms with E-state index >= 15 is 0 Å². The Morgan fingerprint density at radius 2 is 1.78 bits per heavy atom. The second-order valence-corrected chi connectivity index (χ2v) is 6.34. The van der Waals surface area contributed by atoms with Crippen LogP contribution in [0, 0.1) is 0 Å². The Kier molecular flexibility index (Phi) is 4.43. The number of nitrogens with zero attached hydrogens (tertiary/aromatic N) is 3. The highest BCUT2D eigenvalue weighted by Gasteiger charge is 2.13. The average molecular weight is 374 g/mol. The van der Waals surface area contributed by atoms with Crippen LogP contribution in [-0.2, 0) is 0 Å². The normalized spacial score (nSPS) is 10.7. The predicted molar refractivity (Wildman–Crippen MR) is 107 cm³/mol. The SMILES string of the molecule is O=C(O)c1ccccc1Nc1c(S)cnc2ccc(-c3cncnc3)cc12. The number of pyridine rings is 1. The Labute approximate surface area is 160 Å². The molecule has 2 aromatic carbocycles.